The third-order valence-corrected chi connectivity index (χ3v) is 5.19. The van der Waals surface area contributed by atoms with Gasteiger partial charge in [0, 0.05) is 21.0 Å². The van der Waals surface area contributed by atoms with Gasteiger partial charge in [0.15, 0.2) is 0 Å². The number of halogens is 1. The Balaban J connectivity index is 1.96. The summed E-state index contributed by atoms with van der Waals surface area (Å²) in [6.07, 6.45) is 0. The molecule has 2 heterocycles. The van der Waals surface area contributed by atoms with Gasteiger partial charge in [-0.05, 0) is 30.5 Å². The molecule has 124 valence electrons. The molecule has 0 saturated carbocycles. The lowest BCUT2D eigenvalue weighted by Crippen LogP contribution is -2.09. The molecule has 2 aromatic heterocycles. The molecule has 0 fully saturated rings. The molecule has 0 atom stereocenters. The molecule has 1 aromatic carbocycles. The van der Waals surface area contributed by atoms with Gasteiger partial charge in [-0.2, -0.15) is 11.3 Å². The molecule has 7 heteroatoms. The van der Waals surface area contributed by atoms with E-state index in [1.54, 1.807) is 35.9 Å². The standard InChI is InChI=1S/C17H13FO4S2/c1-2-21-17(20)15-11(8-22-16(19)10-6-7-23-9-10)14-12(18)4-3-5-13(14)24-15/h3-7,9H,2,8H2,1H3. The maximum Gasteiger partial charge on any atom is 0.348 e. The van der Waals surface area contributed by atoms with Gasteiger partial charge in [-0.25, -0.2) is 14.0 Å². The van der Waals surface area contributed by atoms with Crippen molar-refractivity contribution in [1.82, 2.24) is 0 Å². The van der Waals surface area contributed by atoms with Crippen molar-refractivity contribution in [3.05, 3.63) is 56.8 Å². The zero-order chi connectivity index (χ0) is 17.1. The third-order valence-electron chi connectivity index (χ3n) is 3.33. The van der Waals surface area contributed by atoms with Gasteiger partial charge in [0.2, 0.25) is 0 Å². The molecule has 3 aromatic rings. The fourth-order valence-electron chi connectivity index (χ4n) is 2.27. The van der Waals surface area contributed by atoms with E-state index < -0.39 is 17.8 Å². The SMILES string of the molecule is CCOC(=O)c1sc2cccc(F)c2c1COC(=O)c1ccsc1. The molecule has 3 rings (SSSR count). The number of hydrogen-bond acceptors (Lipinski definition) is 6. The van der Waals surface area contributed by atoms with Gasteiger partial charge in [0.25, 0.3) is 0 Å². The Morgan fingerprint density at radius 3 is 2.71 bits per heavy atom. The van der Waals surface area contributed by atoms with E-state index in [4.69, 9.17) is 9.47 Å². The molecule has 0 saturated heterocycles. The van der Waals surface area contributed by atoms with Crippen LogP contribution >= 0.6 is 22.7 Å². The average molecular weight is 364 g/mol. The van der Waals surface area contributed by atoms with Crippen molar-refractivity contribution >= 4 is 44.7 Å². The van der Waals surface area contributed by atoms with Crippen LogP contribution in [-0.4, -0.2) is 18.5 Å². The Bertz CT molecular complexity index is 884. The lowest BCUT2D eigenvalue weighted by atomic mass is 10.1. The van der Waals surface area contributed by atoms with Gasteiger partial charge in [0.1, 0.15) is 17.3 Å². The van der Waals surface area contributed by atoms with Gasteiger partial charge in [-0.3, -0.25) is 0 Å². The molecule has 0 aliphatic carbocycles. The molecular formula is C17H13FO4S2. The predicted octanol–water partition coefficient (Wildman–Crippen LogP) is 4.64. The molecule has 0 unspecified atom stereocenters. The second-order valence-electron chi connectivity index (χ2n) is 4.83. The van der Waals surface area contributed by atoms with E-state index in [0.29, 0.717) is 21.2 Å². The minimum absolute atomic E-state index is 0.191. The Kier molecular flexibility index (Phi) is 4.92. The number of carbonyl (C=O) groups excluding carboxylic acids is 2. The number of ether oxygens (including phenoxy) is 2. The molecule has 0 spiro atoms. The molecule has 0 radical (unpaired) electrons. The monoisotopic (exact) mass is 364 g/mol. The molecule has 0 bridgehead atoms. The molecular weight excluding hydrogens is 351 g/mol. The Hall–Kier alpha value is -2.25. The summed E-state index contributed by atoms with van der Waals surface area (Å²) in [4.78, 5) is 24.4. The fourth-order valence-corrected chi connectivity index (χ4v) is 4.01. The van der Waals surface area contributed by atoms with Crippen LogP contribution in [0.25, 0.3) is 10.1 Å². The predicted molar refractivity (Wildman–Crippen MR) is 91.2 cm³/mol. The van der Waals surface area contributed by atoms with E-state index in [1.807, 2.05) is 0 Å². The molecule has 0 amide bonds. The van der Waals surface area contributed by atoms with Crippen molar-refractivity contribution in [2.45, 2.75) is 13.5 Å². The highest BCUT2D eigenvalue weighted by molar-refractivity contribution is 7.21. The van der Waals surface area contributed by atoms with E-state index in [0.717, 1.165) is 11.3 Å². The van der Waals surface area contributed by atoms with Crippen molar-refractivity contribution in [3.63, 3.8) is 0 Å². The fraction of sp³-hybridized carbons (Fsp3) is 0.176. The lowest BCUT2D eigenvalue weighted by Gasteiger charge is -2.06. The number of hydrogen-bond donors (Lipinski definition) is 0. The zero-order valence-corrected chi connectivity index (χ0v) is 14.3. The number of carbonyl (C=O) groups is 2. The Labute approximate surface area is 145 Å². The zero-order valence-electron chi connectivity index (χ0n) is 12.7. The van der Waals surface area contributed by atoms with Crippen LogP contribution < -0.4 is 0 Å². The number of rotatable bonds is 5. The van der Waals surface area contributed by atoms with E-state index in [9.17, 15) is 14.0 Å². The Morgan fingerprint density at radius 2 is 2.00 bits per heavy atom. The molecule has 4 nitrogen and oxygen atoms in total. The topological polar surface area (TPSA) is 52.6 Å². The summed E-state index contributed by atoms with van der Waals surface area (Å²) in [7, 11) is 0. The number of thiophene rings is 2. The maximum atomic E-state index is 14.2. The van der Waals surface area contributed by atoms with Crippen LogP contribution in [0.2, 0.25) is 0 Å². The highest BCUT2D eigenvalue weighted by atomic mass is 32.1. The second-order valence-corrected chi connectivity index (χ2v) is 6.66. The van der Waals surface area contributed by atoms with Crippen molar-refractivity contribution in [3.8, 4) is 0 Å². The first-order valence-electron chi connectivity index (χ1n) is 7.18. The van der Waals surface area contributed by atoms with E-state index in [1.165, 1.54) is 17.4 Å². The van der Waals surface area contributed by atoms with Crippen LogP contribution in [-0.2, 0) is 16.1 Å². The first-order valence-corrected chi connectivity index (χ1v) is 8.94. The lowest BCUT2D eigenvalue weighted by molar-refractivity contribution is 0.0455. The molecule has 24 heavy (non-hydrogen) atoms. The van der Waals surface area contributed by atoms with Crippen LogP contribution in [0.15, 0.2) is 35.0 Å². The molecule has 0 N–H and O–H groups in total. The van der Waals surface area contributed by atoms with Crippen LogP contribution in [0, 0.1) is 5.82 Å². The van der Waals surface area contributed by atoms with Gasteiger partial charge in [0.05, 0.1) is 12.2 Å². The summed E-state index contributed by atoms with van der Waals surface area (Å²) in [5.74, 6) is -1.51. The normalized spacial score (nSPS) is 10.8. The van der Waals surface area contributed by atoms with Gasteiger partial charge >= 0.3 is 11.9 Å². The van der Waals surface area contributed by atoms with Crippen molar-refractivity contribution in [2.75, 3.05) is 6.61 Å². The number of fused-ring (bicyclic) bond motifs is 1. The van der Waals surface area contributed by atoms with Gasteiger partial charge < -0.3 is 9.47 Å². The quantitative estimate of drug-likeness (QED) is 0.619. The average Bonchev–Trinajstić information content (AvgIpc) is 3.21. The summed E-state index contributed by atoms with van der Waals surface area (Å²) in [5.41, 5.74) is 0.771. The van der Waals surface area contributed by atoms with Crippen molar-refractivity contribution < 1.29 is 23.5 Å². The van der Waals surface area contributed by atoms with E-state index in [-0.39, 0.29) is 18.1 Å². The summed E-state index contributed by atoms with van der Waals surface area (Å²) >= 11 is 2.51. The first-order chi connectivity index (χ1) is 11.6. The Morgan fingerprint density at radius 1 is 1.17 bits per heavy atom. The minimum Gasteiger partial charge on any atom is -0.462 e. The van der Waals surface area contributed by atoms with Crippen molar-refractivity contribution in [2.24, 2.45) is 0 Å². The highest BCUT2D eigenvalue weighted by Crippen LogP contribution is 2.34. The van der Waals surface area contributed by atoms with Gasteiger partial charge in [-0.1, -0.05) is 6.07 Å². The first kappa shape index (κ1) is 16.6. The largest absolute Gasteiger partial charge is 0.462 e. The molecule has 0 aliphatic rings. The highest BCUT2D eigenvalue weighted by Gasteiger charge is 2.23. The summed E-state index contributed by atoms with van der Waals surface area (Å²) in [5, 5.41) is 3.73. The molecule has 0 aliphatic heterocycles. The van der Waals surface area contributed by atoms with E-state index in [2.05, 4.69) is 0 Å². The minimum atomic E-state index is -0.542. The van der Waals surface area contributed by atoms with Crippen molar-refractivity contribution in [1.29, 1.82) is 0 Å². The van der Waals surface area contributed by atoms with Crippen LogP contribution in [0.1, 0.15) is 32.5 Å². The number of benzene rings is 1. The van der Waals surface area contributed by atoms with Gasteiger partial charge in [-0.15, -0.1) is 11.3 Å². The number of esters is 2. The van der Waals surface area contributed by atoms with Crippen LogP contribution in [0.3, 0.4) is 0 Å². The summed E-state index contributed by atoms with van der Waals surface area (Å²) in [6.45, 7) is 1.72. The smallest absolute Gasteiger partial charge is 0.348 e. The van der Waals surface area contributed by atoms with Crippen LogP contribution in [0.5, 0.6) is 0 Å². The second kappa shape index (κ2) is 7.11. The van der Waals surface area contributed by atoms with E-state index >= 15 is 0 Å². The van der Waals surface area contributed by atoms with Crippen LogP contribution in [0.4, 0.5) is 4.39 Å². The maximum absolute atomic E-state index is 14.2. The third kappa shape index (κ3) is 3.18. The summed E-state index contributed by atoms with van der Waals surface area (Å²) in [6, 6.07) is 6.25. The summed E-state index contributed by atoms with van der Waals surface area (Å²) < 4.78 is 25.1.